The fourth-order valence-electron chi connectivity index (χ4n) is 0.879. The molecule has 0 unspecified atom stereocenters. The second kappa shape index (κ2) is 5.33. The van der Waals surface area contributed by atoms with Crippen molar-refractivity contribution in [3.63, 3.8) is 0 Å². The van der Waals surface area contributed by atoms with Crippen LogP contribution in [0.3, 0.4) is 0 Å². The molecule has 0 saturated carbocycles. The minimum Gasteiger partial charge on any atom is -0.0919 e. The maximum Gasteiger partial charge on any atom is 0.0880 e. The zero-order chi connectivity index (χ0) is 10.4. The number of halogens is 1. The Morgan fingerprint density at radius 3 is 3.00 bits per heavy atom. The summed E-state index contributed by atoms with van der Waals surface area (Å²) in [4.78, 5) is 2.61. The van der Waals surface area contributed by atoms with Crippen molar-refractivity contribution in [3.05, 3.63) is 44.2 Å². The highest BCUT2D eigenvalue weighted by Crippen LogP contribution is 2.16. The summed E-state index contributed by atoms with van der Waals surface area (Å²) in [6.45, 7) is 2.23. The van der Waals surface area contributed by atoms with E-state index in [1.807, 2.05) is 25.1 Å². The highest BCUT2D eigenvalue weighted by atomic mass is 79.9. The van der Waals surface area contributed by atoms with Crippen molar-refractivity contribution < 1.29 is 0 Å². The van der Waals surface area contributed by atoms with Crippen molar-refractivity contribution in [2.24, 2.45) is 5.11 Å². The third-order valence-corrected chi connectivity index (χ3v) is 2.47. The first-order valence-corrected chi connectivity index (χ1v) is 4.79. The summed E-state index contributed by atoms with van der Waals surface area (Å²) in [6, 6.07) is 5.86. The molecule has 70 valence electrons. The number of nitrogens with zero attached hydrogens (tertiary/aromatic N) is 3. The summed E-state index contributed by atoms with van der Waals surface area (Å²) in [5.41, 5.74) is 10.1. The molecule has 0 aliphatic rings. The Kier molecular flexibility index (Phi) is 4.06. The highest BCUT2D eigenvalue weighted by molar-refractivity contribution is 9.10. The third kappa shape index (κ3) is 3.14. The van der Waals surface area contributed by atoms with Crippen molar-refractivity contribution in [1.29, 1.82) is 0 Å². The van der Waals surface area contributed by atoms with Crippen molar-refractivity contribution in [3.8, 4) is 11.8 Å². The Balaban J connectivity index is 2.80. The van der Waals surface area contributed by atoms with Crippen LogP contribution in [-0.4, -0.2) is 6.54 Å². The maximum atomic E-state index is 8.03. The average Bonchev–Trinajstić information content (AvgIpc) is 2.18. The van der Waals surface area contributed by atoms with Crippen LogP contribution in [0.2, 0.25) is 0 Å². The Morgan fingerprint density at radius 1 is 1.57 bits per heavy atom. The molecule has 3 nitrogen and oxygen atoms in total. The summed E-state index contributed by atoms with van der Waals surface area (Å²) in [7, 11) is 0. The zero-order valence-corrected chi connectivity index (χ0v) is 9.24. The number of benzene rings is 1. The first-order chi connectivity index (χ1) is 6.74. The number of hydrogen-bond acceptors (Lipinski definition) is 1. The smallest absolute Gasteiger partial charge is 0.0880 e. The number of hydrogen-bond donors (Lipinski definition) is 0. The van der Waals surface area contributed by atoms with Gasteiger partial charge in [0.2, 0.25) is 0 Å². The molecule has 0 aromatic heterocycles. The second-order valence-electron chi connectivity index (χ2n) is 2.65. The quantitative estimate of drug-likeness (QED) is 0.317. The molecule has 0 bridgehead atoms. The van der Waals surface area contributed by atoms with Gasteiger partial charge in [0, 0.05) is 14.9 Å². The van der Waals surface area contributed by atoms with Crippen LogP contribution in [0.25, 0.3) is 10.4 Å². The van der Waals surface area contributed by atoms with Gasteiger partial charge in [-0.2, -0.15) is 0 Å². The minimum absolute atomic E-state index is 0.210. The fraction of sp³-hybridized carbons (Fsp3) is 0.200. The van der Waals surface area contributed by atoms with E-state index in [0.29, 0.717) is 0 Å². The predicted octanol–water partition coefficient (Wildman–Crippen LogP) is 3.42. The van der Waals surface area contributed by atoms with Gasteiger partial charge >= 0.3 is 0 Å². The Labute approximate surface area is 90.9 Å². The van der Waals surface area contributed by atoms with E-state index in [1.165, 1.54) is 5.56 Å². The number of azide groups is 1. The van der Waals surface area contributed by atoms with E-state index < -0.39 is 0 Å². The Morgan fingerprint density at radius 2 is 2.36 bits per heavy atom. The molecule has 0 saturated heterocycles. The molecule has 0 atom stereocenters. The third-order valence-electron chi connectivity index (χ3n) is 1.62. The van der Waals surface area contributed by atoms with Gasteiger partial charge in [-0.15, -0.1) is 0 Å². The van der Waals surface area contributed by atoms with Gasteiger partial charge in [0.15, 0.2) is 0 Å². The summed E-state index contributed by atoms with van der Waals surface area (Å²) in [5.74, 6) is 5.66. The zero-order valence-electron chi connectivity index (χ0n) is 7.66. The molecule has 0 aliphatic carbocycles. The molecular weight excluding hydrogens is 242 g/mol. The molecule has 0 radical (unpaired) electrons. The molecule has 0 heterocycles. The van der Waals surface area contributed by atoms with Crippen molar-refractivity contribution >= 4 is 15.9 Å². The molecule has 1 aromatic carbocycles. The Hall–Kier alpha value is -1.43. The van der Waals surface area contributed by atoms with E-state index in [9.17, 15) is 0 Å². The summed E-state index contributed by atoms with van der Waals surface area (Å²) in [6.07, 6.45) is 0. The topological polar surface area (TPSA) is 48.8 Å². The van der Waals surface area contributed by atoms with E-state index in [4.69, 9.17) is 5.53 Å². The molecule has 1 aromatic rings. The van der Waals surface area contributed by atoms with Crippen molar-refractivity contribution in [1.82, 2.24) is 0 Å². The van der Waals surface area contributed by atoms with Gasteiger partial charge in [0.25, 0.3) is 0 Å². The van der Waals surface area contributed by atoms with Gasteiger partial charge in [-0.3, -0.25) is 0 Å². The second-order valence-corrected chi connectivity index (χ2v) is 3.51. The molecule has 0 spiro atoms. The van der Waals surface area contributed by atoms with Crippen LogP contribution >= 0.6 is 15.9 Å². The van der Waals surface area contributed by atoms with Crippen molar-refractivity contribution in [2.45, 2.75) is 6.92 Å². The van der Waals surface area contributed by atoms with Gasteiger partial charge in [-0.05, 0) is 30.2 Å². The molecule has 0 N–H and O–H groups in total. The van der Waals surface area contributed by atoms with Gasteiger partial charge in [-0.1, -0.05) is 39.0 Å². The van der Waals surface area contributed by atoms with Crippen LogP contribution in [-0.2, 0) is 0 Å². The molecule has 14 heavy (non-hydrogen) atoms. The van der Waals surface area contributed by atoms with Crippen LogP contribution < -0.4 is 0 Å². The molecular formula is C10H8BrN3. The molecule has 1 rings (SSSR count). The molecule has 0 aliphatic heterocycles. The lowest BCUT2D eigenvalue weighted by Crippen LogP contribution is -1.79. The first kappa shape index (κ1) is 10.6. The summed E-state index contributed by atoms with van der Waals surface area (Å²) >= 11 is 3.42. The van der Waals surface area contributed by atoms with Gasteiger partial charge in [0.05, 0.1) is 6.54 Å². The van der Waals surface area contributed by atoms with Crippen LogP contribution in [0.4, 0.5) is 0 Å². The maximum absolute atomic E-state index is 8.03. The molecule has 0 fully saturated rings. The largest absolute Gasteiger partial charge is 0.0919 e. The summed E-state index contributed by atoms with van der Waals surface area (Å²) < 4.78 is 1.04. The molecule has 4 heteroatoms. The van der Waals surface area contributed by atoms with E-state index in [-0.39, 0.29) is 6.54 Å². The summed E-state index contributed by atoms with van der Waals surface area (Å²) in [5, 5.41) is 3.32. The molecule has 0 amide bonds. The van der Waals surface area contributed by atoms with E-state index in [2.05, 4.69) is 37.8 Å². The fourth-order valence-corrected chi connectivity index (χ4v) is 1.26. The minimum atomic E-state index is 0.210. The first-order valence-electron chi connectivity index (χ1n) is 4.00. The van der Waals surface area contributed by atoms with Gasteiger partial charge < -0.3 is 0 Å². The Bertz CT molecular complexity index is 436. The lowest BCUT2D eigenvalue weighted by molar-refractivity contribution is 1.25. The van der Waals surface area contributed by atoms with Crippen LogP contribution in [0, 0.1) is 18.8 Å². The van der Waals surface area contributed by atoms with E-state index in [0.717, 1.165) is 10.0 Å². The van der Waals surface area contributed by atoms with E-state index in [1.54, 1.807) is 0 Å². The number of aryl methyl sites for hydroxylation is 1. The number of rotatable bonds is 1. The van der Waals surface area contributed by atoms with Crippen molar-refractivity contribution in [2.75, 3.05) is 6.54 Å². The normalized spacial score (nSPS) is 8.43. The average molecular weight is 250 g/mol. The van der Waals surface area contributed by atoms with Crippen LogP contribution in [0.1, 0.15) is 11.1 Å². The van der Waals surface area contributed by atoms with E-state index >= 15 is 0 Å². The lowest BCUT2D eigenvalue weighted by atomic mass is 10.1. The lowest BCUT2D eigenvalue weighted by Gasteiger charge is -1.96. The SMILES string of the molecule is Cc1ccc(C#CCN=[N+]=[N-])cc1Br. The predicted molar refractivity (Wildman–Crippen MR) is 59.8 cm³/mol. The van der Waals surface area contributed by atoms with Crippen LogP contribution in [0.5, 0.6) is 0 Å². The van der Waals surface area contributed by atoms with Crippen LogP contribution in [0.15, 0.2) is 27.8 Å². The highest BCUT2D eigenvalue weighted by Gasteiger charge is 1.93. The van der Waals surface area contributed by atoms with Gasteiger partial charge in [-0.25, -0.2) is 0 Å². The monoisotopic (exact) mass is 249 g/mol. The standard InChI is InChI=1S/C10H8BrN3/c1-8-4-5-9(7-10(8)11)3-2-6-13-14-12/h4-5,7H,6H2,1H3. The van der Waals surface area contributed by atoms with Gasteiger partial charge in [0.1, 0.15) is 0 Å².